The highest BCUT2D eigenvalue weighted by Gasteiger charge is 2.13. The van der Waals surface area contributed by atoms with Crippen LogP contribution in [0.4, 0.5) is 10.7 Å². The van der Waals surface area contributed by atoms with Crippen LogP contribution < -0.4 is 10.9 Å². The number of anilines is 1. The minimum Gasteiger partial charge on any atom is -0.446 e. The maximum atomic E-state index is 12.0. The third-order valence-electron chi connectivity index (χ3n) is 4.55. The lowest BCUT2D eigenvalue weighted by Crippen LogP contribution is -2.20. The van der Waals surface area contributed by atoms with Gasteiger partial charge in [0.25, 0.3) is 5.56 Å². The van der Waals surface area contributed by atoms with Gasteiger partial charge in [0.1, 0.15) is 6.10 Å². The summed E-state index contributed by atoms with van der Waals surface area (Å²) in [6, 6.07) is 12.9. The highest BCUT2D eigenvalue weighted by Crippen LogP contribution is 2.27. The van der Waals surface area contributed by atoms with E-state index in [1.807, 2.05) is 50.2 Å². The van der Waals surface area contributed by atoms with Crippen LogP contribution in [0, 0.1) is 0 Å². The number of benzene rings is 2. The van der Waals surface area contributed by atoms with E-state index in [9.17, 15) is 9.59 Å². The fraction of sp³-hybridized carbons (Fsp3) is 0.200. The molecule has 0 aliphatic heterocycles. The molecule has 2 aromatic heterocycles. The number of hydrogen-bond donors (Lipinski definition) is 3. The molecule has 4 aromatic rings. The Morgan fingerprint density at radius 3 is 2.79 bits per heavy atom. The summed E-state index contributed by atoms with van der Waals surface area (Å²) in [5, 5.41) is 10.7. The fourth-order valence-electron chi connectivity index (χ4n) is 2.94. The van der Waals surface area contributed by atoms with Crippen molar-refractivity contribution in [3.05, 3.63) is 52.8 Å². The average Bonchev–Trinajstić information content (AvgIpc) is 3.09. The first-order valence-corrected chi connectivity index (χ1v) is 9.00. The van der Waals surface area contributed by atoms with E-state index in [1.54, 1.807) is 6.07 Å². The van der Waals surface area contributed by atoms with Crippen molar-refractivity contribution in [2.45, 2.75) is 26.4 Å². The SMILES string of the molecule is CCC(C)OC(=O)Nc1nc2ccc(-c3n[nH]c(=O)c4ccccc34)cc2[nH]1. The van der Waals surface area contributed by atoms with E-state index in [2.05, 4.69) is 25.5 Å². The number of nitrogens with one attached hydrogen (secondary N) is 3. The molecule has 4 rings (SSSR count). The summed E-state index contributed by atoms with van der Waals surface area (Å²) in [6.45, 7) is 3.77. The van der Waals surface area contributed by atoms with Gasteiger partial charge in [-0.3, -0.25) is 10.1 Å². The Labute approximate surface area is 159 Å². The van der Waals surface area contributed by atoms with Gasteiger partial charge < -0.3 is 9.72 Å². The lowest BCUT2D eigenvalue weighted by atomic mass is 10.0. The number of carbonyl (C=O) groups excluding carboxylic acids is 1. The van der Waals surface area contributed by atoms with Crippen LogP contribution in [0.3, 0.4) is 0 Å². The molecule has 0 aliphatic rings. The predicted octanol–water partition coefficient (Wildman–Crippen LogP) is 3.81. The molecule has 142 valence electrons. The second-order valence-electron chi connectivity index (χ2n) is 6.51. The molecule has 8 nitrogen and oxygen atoms in total. The van der Waals surface area contributed by atoms with Crippen molar-refractivity contribution in [1.82, 2.24) is 20.2 Å². The molecule has 0 saturated carbocycles. The van der Waals surface area contributed by atoms with Gasteiger partial charge in [-0.05, 0) is 31.5 Å². The largest absolute Gasteiger partial charge is 0.446 e. The monoisotopic (exact) mass is 377 g/mol. The zero-order chi connectivity index (χ0) is 19.7. The summed E-state index contributed by atoms with van der Waals surface area (Å²) in [5.41, 5.74) is 2.67. The average molecular weight is 377 g/mol. The first kappa shape index (κ1) is 17.7. The van der Waals surface area contributed by atoms with Gasteiger partial charge in [0.2, 0.25) is 5.95 Å². The highest BCUT2D eigenvalue weighted by molar-refractivity contribution is 5.96. The number of ether oxygens (including phenoxy) is 1. The van der Waals surface area contributed by atoms with Crippen molar-refractivity contribution in [3.8, 4) is 11.3 Å². The molecule has 0 radical (unpaired) electrons. The number of imidazole rings is 1. The first-order valence-electron chi connectivity index (χ1n) is 9.00. The molecular formula is C20H19N5O3. The van der Waals surface area contributed by atoms with Crippen molar-refractivity contribution < 1.29 is 9.53 Å². The Bertz CT molecular complexity index is 1230. The van der Waals surface area contributed by atoms with E-state index in [0.717, 1.165) is 22.9 Å². The van der Waals surface area contributed by atoms with E-state index >= 15 is 0 Å². The van der Waals surface area contributed by atoms with E-state index in [4.69, 9.17) is 4.74 Å². The molecule has 1 unspecified atom stereocenters. The second kappa shape index (κ2) is 7.15. The highest BCUT2D eigenvalue weighted by atomic mass is 16.6. The zero-order valence-corrected chi connectivity index (χ0v) is 15.4. The van der Waals surface area contributed by atoms with E-state index in [-0.39, 0.29) is 11.7 Å². The second-order valence-corrected chi connectivity index (χ2v) is 6.51. The van der Waals surface area contributed by atoms with Crippen LogP contribution >= 0.6 is 0 Å². The summed E-state index contributed by atoms with van der Waals surface area (Å²) in [6.07, 6.45) is 0.00863. The Kier molecular flexibility index (Phi) is 4.52. The Hall–Kier alpha value is -3.68. The number of aromatic nitrogens is 4. The zero-order valence-electron chi connectivity index (χ0n) is 15.4. The Morgan fingerprint density at radius 2 is 2.00 bits per heavy atom. The number of fused-ring (bicyclic) bond motifs is 2. The smallest absolute Gasteiger partial charge is 0.414 e. The number of H-pyrrole nitrogens is 2. The third kappa shape index (κ3) is 3.32. The quantitative estimate of drug-likeness (QED) is 0.500. The summed E-state index contributed by atoms with van der Waals surface area (Å²) in [7, 11) is 0. The molecule has 2 heterocycles. The summed E-state index contributed by atoms with van der Waals surface area (Å²) in [5.74, 6) is 0.305. The van der Waals surface area contributed by atoms with Crippen molar-refractivity contribution in [2.75, 3.05) is 5.32 Å². The maximum Gasteiger partial charge on any atom is 0.414 e. The minimum absolute atomic E-state index is 0.171. The molecule has 28 heavy (non-hydrogen) atoms. The molecule has 0 fully saturated rings. The van der Waals surface area contributed by atoms with Crippen molar-refractivity contribution in [1.29, 1.82) is 0 Å². The number of carbonyl (C=O) groups is 1. The number of hydrogen-bond acceptors (Lipinski definition) is 5. The molecule has 8 heteroatoms. The topological polar surface area (TPSA) is 113 Å². The molecule has 0 aliphatic carbocycles. The lowest BCUT2D eigenvalue weighted by Gasteiger charge is -2.10. The number of rotatable bonds is 4. The third-order valence-corrected chi connectivity index (χ3v) is 4.55. The van der Waals surface area contributed by atoms with Crippen molar-refractivity contribution in [3.63, 3.8) is 0 Å². The van der Waals surface area contributed by atoms with Gasteiger partial charge in [0.15, 0.2) is 0 Å². The van der Waals surface area contributed by atoms with E-state index < -0.39 is 6.09 Å². The van der Waals surface area contributed by atoms with E-state index in [1.165, 1.54) is 0 Å². The van der Waals surface area contributed by atoms with Crippen LogP contribution in [0.5, 0.6) is 0 Å². The number of aromatic amines is 2. The standard InChI is InChI=1S/C20H19N5O3/c1-3-11(2)28-20(27)23-19-21-15-9-8-12(10-16(15)22-19)17-13-6-4-5-7-14(13)18(26)25-24-17/h4-11H,3H2,1-2H3,(H,25,26)(H2,21,22,23,27). The van der Waals surface area contributed by atoms with E-state index in [0.29, 0.717) is 22.5 Å². The van der Waals surface area contributed by atoms with Gasteiger partial charge in [0, 0.05) is 10.9 Å². The van der Waals surface area contributed by atoms with Crippen LogP contribution in [0.15, 0.2) is 47.3 Å². The minimum atomic E-state index is -0.554. The maximum absolute atomic E-state index is 12.0. The van der Waals surface area contributed by atoms with Crippen molar-refractivity contribution >= 4 is 33.8 Å². The molecule has 1 atom stereocenters. The molecular weight excluding hydrogens is 358 g/mol. The summed E-state index contributed by atoms with van der Waals surface area (Å²) in [4.78, 5) is 31.3. The van der Waals surface area contributed by atoms with Gasteiger partial charge in [-0.2, -0.15) is 5.10 Å². The molecule has 0 saturated heterocycles. The van der Waals surface area contributed by atoms with Gasteiger partial charge in [-0.25, -0.2) is 14.9 Å². The summed E-state index contributed by atoms with van der Waals surface area (Å²) < 4.78 is 5.20. The lowest BCUT2D eigenvalue weighted by molar-refractivity contribution is 0.118. The molecule has 2 aromatic carbocycles. The van der Waals surface area contributed by atoms with Gasteiger partial charge >= 0.3 is 6.09 Å². The molecule has 0 spiro atoms. The number of amides is 1. The van der Waals surface area contributed by atoms with Gasteiger partial charge in [-0.1, -0.05) is 31.2 Å². The van der Waals surface area contributed by atoms with Gasteiger partial charge in [-0.15, -0.1) is 0 Å². The fourth-order valence-corrected chi connectivity index (χ4v) is 2.94. The van der Waals surface area contributed by atoms with Crippen LogP contribution in [0.2, 0.25) is 0 Å². The first-order chi connectivity index (χ1) is 13.5. The summed E-state index contributed by atoms with van der Waals surface area (Å²) >= 11 is 0. The molecule has 3 N–H and O–H groups in total. The van der Waals surface area contributed by atoms with Crippen LogP contribution in [0.1, 0.15) is 20.3 Å². The predicted molar refractivity (Wildman–Crippen MR) is 107 cm³/mol. The molecule has 0 bridgehead atoms. The Morgan fingerprint density at radius 1 is 1.21 bits per heavy atom. The van der Waals surface area contributed by atoms with Crippen LogP contribution in [-0.2, 0) is 4.74 Å². The van der Waals surface area contributed by atoms with Crippen LogP contribution in [0.25, 0.3) is 33.1 Å². The Balaban J connectivity index is 1.69. The number of nitrogens with zero attached hydrogens (tertiary/aromatic N) is 2. The molecule has 1 amide bonds. The van der Waals surface area contributed by atoms with Gasteiger partial charge in [0.05, 0.1) is 22.1 Å². The van der Waals surface area contributed by atoms with Crippen LogP contribution in [-0.4, -0.2) is 32.4 Å². The normalized spacial score (nSPS) is 12.2. The van der Waals surface area contributed by atoms with Crippen molar-refractivity contribution in [2.24, 2.45) is 0 Å².